The predicted octanol–water partition coefficient (Wildman–Crippen LogP) is 1.66. The molecule has 6 nitrogen and oxygen atoms in total. The van der Waals surface area contributed by atoms with Crippen LogP contribution in [0.3, 0.4) is 0 Å². The van der Waals surface area contributed by atoms with E-state index in [-0.39, 0.29) is 11.6 Å². The maximum atomic E-state index is 6.11. The third-order valence-corrected chi connectivity index (χ3v) is 4.34. The van der Waals surface area contributed by atoms with Gasteiger partial charge in [-0.2, -0.15) is 5.10 Å². The molecule has 1 heterocycles. The fourth-order valence-corrected chi connectivity index (χ4v) is 3.38. The number of hydrogen-bond donors (Lipinski definition) is 2. The smallest absolute Gasteiger partial charge is 0.138 e. The van der Waals surface area contributed by atoms with Crippen LogP contribution in [0.2, 0.25) is 0 Å². The Labute approximate surface area is 127 Å². The first-order valence-electron chi connectivity index (χ1n) is 8.08. The van der Waals surface area contributed by atoms with Crippen molar-refractivity contribution < 1.29 is 4.74 Å². The molecule has 1 aliphatic carbocycles. The first-order chi connectivity index (χ1) is 10.1. The quantitative estimate of drug-likeness (QED) is 0.563. The number of nitrogens with one attached hydrogen (secondary N) is 1. The highest BCUT2D eigenvalue weighted by atomic mass is 16.5. The standard InChI is InChI=1S/C15H29N5O/c1-4-21-15(7-5-6-8-15)13(19-16)9-14-17-11-18-20(14)10-12(2)3/h11-13,19H,4-10,16H2,1-3H3. The van der Waals surface area contributed by atoms with E-state index in [1.807, 2.05) is 4.68 Å². The lowest BCUT2D eigenvalue weighted by Gasteiger charge is -2.36. The van der Waals surface area contributed by atoms with Crippen molar-refractivity contribution in [3.05, 3.63) is 12.2 Å². The van der Waals surface area contributed by atoms with Crippen LogP contribution in [-0.4, -0.2) is 33.0 Å². The number of ether oxygens (including phenoxy) is 1. The van der Waals surface area contributed by atoms with E-state index in [4.69, 9.17) is 10.6 Å². The molecular weight excluding hydrogens is 266 g/mol. The minimum Gasteiger partial charge on any atom is -0.374 e. The molecule has 1 saturated carbocycles. The summed E-state index contributed by atoms with van der Waals surface area (Å²) in [6, 6.07) is 0.0788. The van der Waals surface area contributed by atoms with Crippen molar-refractivity contribution in [3.8, 4) is 0 Å². The van der Waals surface area contributed by atoms with Gasteiger partial charge in [0.25, 0.3) is 0 Å². The van der Waals surface area contributed by atoms with Gasteiger partial charge in [-0.05, 0) is 25.7 Å². The van der Waals surface area contributed by atoms with E-state index in [9.17, 15) is 0 Å². The van der Waals surface area contributed by atoms with Crippen molar-refractivity contribution in [1.29, 1.82) is 0 Å². The highest BCUT2D eigenvalue weighted by Crippen LogP contribution is 2.37. The maximum absolute atomic E-state index is 6.11. The molecule has 120 valence electrons. The van der Waals surface area contributed by atoms with Crippen LogP contribution in [0.1, 0.15) is 52.3 Å². The lowest BCUT2D eigenvalue weighted by Crippen LogP contribution is -2.55. The number of hydrazine groups is 1. The minimum atomic E-state index is -0.155. The molecule has 0 radical (unpaired) electrons. The Morgan fingerprint density at radius 1 is 1.43 bits per heavy atom. The van der Waals surface area contributed by atoms with Gasteiger partial charge >= 0.3 is 0 Å². The third-order valence-electron chi connectivity index (χ3n) is 4.34. The summed E-state index contributed by atoms with van der Waals surface area (Å²) in [6.45, 7) is 8.02. The summed E-state index contributed by atoms with van der Waals surface area (Å²) in [7, 11) is 0. The zero-order valence-electron chi connectivity index (χ0n) is 13.5. The SMILES string of the molecule is CCOC1(C(Cc2ncnn2CC(C)C)NN)CCCC1. The van der Waals surface area contributed by atoms with Crippen LogP contribution < -0.4 is 11.3 Å². The third kappa shape index (κ3) is 3.81. The molecule has 1 atom stereocenters. The molecule has 1 aromatic heterocycles. The lowest BCUT2D eigenvalue weighted by atomic mass is 9.89. The van der Waals surface area contributed by atoms with Crippen molar-refractivity contribution in [3.63, 3.8) is 0 Å². The van der Waals surface area contributed by atoms with Crippen molar-refractivity contribution in [1.82, 2.24) is 20.2 Å². The fraction of sp³-hybridized carbons (Fsp3) is 0.867. The van der Waals surface area contributed by atoms with Gasteiger partial charge in [0.05, 0.1) is 11.6 Å². The van der Waals surface area contributed by atoms with Gasteiger partial charge < -0.3 is 4.74 Å². The highest BCUT2D eigenvalue weighted by molar-refractivity contribution is 5.02. The molecule has 21 heavy (non-hydrogen) atoms. The van der Waals surface area contributed by atoms with Gasteiger partial charge in [0, 0.05) is 19.6 Å². The molecule has 0 amide bonds. The van der Waals surface area contributed by atoms with Crippen LogP contribution >= 0.6 is 0 Å². The summed E-state index contributed by atoms with van der Waals surface area (Å²) in [5, 5.41) is 4.34. The number of nitrogens with two attached hydrogens (primary N) is 1. The molecule has 1 unspecified atom stereocenters. The molecule has 0 saturated heterocycles. The second-order valence-electron chi connectivity index (χ2n) is 6.38. The Balaban J connectivity index is 2.13. The number of aromatic nitrogens is 3. The summed E-state index contributed by atoms with van der Waals surface area (Å²) >= 11 is 0. The molecule has 1 aliphatic rings. The minimum absolute atomic E-state index is 0.0788. The predicted molar refractivity (Wildman–Crippen MR) is 82.5 cm³/mol. The van der Waals surface area contributed by atoms with Crippen LogP contribution in [0, 0.1) is 5.92 Å². The summed E-state index contributed by atoms with van der Waals surface area (Å²) < 4.78 is 8.10. The first kappa shape index (κ1) is 16.4. The fourth-order valence-electron chi connectivity index (χ4n) is 3.38. The molecule has 2 rings (SSSR count). The van der Waals surface area contributed by atoms with E-state index in [2.05, 4.69) is 36.3 Å². The normalized spacial score (nSPS) is 19.3. The van der Waals surface area contributed by atoms with Crippen LogP contribution in [0.25, 0.3) is 0 Å². The lowest BCUT2D eigenvalue weighted by molar-refractivity contribution is -0.0619. The molecule has 0 aromatic carbocycles. The molecule has 0 bridgehead atoms. The molecule has 0 aliphatic heterocycles. The average Bonchev–Trinajstić information content (AvgIpc) is 3.06. The van der Waals surface area contributed by atoms with Gasteiger partial charge in [-0.1, -0.05) is 26.7 Å². The molecule has 3 N–H and O–H groups in total. The van der Waals surface area contributed by atoms with Gasteiger partial charge in [-0.15, -0.1) is 0 Å². The van der Waals surface area contributed by atoms with Crippen molar-refractivity contribution >= 4 is 0 Å². The van der Waals surface area contributed by atoms with Gasteiger partial charge in [0.2, 0.25) is 0 Å². The van der Waals surface area contributed by atoms with Gasteiger partial charge in [0.1, 0.15) is 12.2 Å². The van der Waals surface area contributed by atoms with E-state index < -0.39 is 0 Å². The van der Waals surface area contributed by atoms with Gasteiger partial charge in [-0.25, -0.2) is 9.67 Å². The highest BCUT2D eigenvalue weighted by Gasteiger charge is 2.42. The number of nitrogens with zero attached hydrogens (tertiary/aromatic N) is 3. The van der Waals surface area contributed by atoms with Crippen molar-refractivity contribution in [2.45, 2.75) is 71.1 Å². The Bertz CT molecular complexity index is 425. The second kappa shape index (κ2) is 7.33. The van der Waals surface area contributed by atoms with E-state index in [0.717, 1.165) is 38.2 Å². The molecule has 6 heteroatoms. The summed E-state index contributed by atoms with van der Waals surface area (Å²) in [5.41, 5.74) is 2.83. The van der Waals surface area contributed by atoms with E-state index >= 15 is 0 Å². The molecule has 1 aromatic rings. The second-order valence-corrected chi connectivity index (χ2v) is 6.38. The zero-order valence-corrected chi connectivity index (χ0v) is 13.5. The van der Waals surface area contributed by atoms with E-state index in [1.165, 1.54) is 12.8 Å². The summed E-state index contributed by atoms with van der Waals surface area (Å²) in [5.74, 6) is 7.38. The van der Waals surface area contributed by atoms with Crippen LogP contribution in [0.5, 0.6) is 0 Å². The van der Waals surface area contributed by atoms with E-state index in [0.29, 0.717) is 5.92 Å². The maximum Gasteiger partial charge on any atom is 0.138 e. The van der Waals surface area contributed by atoms with Gasteiger partial charge in [-0.3, -0.25) is 11.3 Å². The van der Waals surface area contributed by atoms with Crippen LogP contribution in [0.4, 0.5) is 0 Å². The van der Waals surface area contributed by atoms with Gasteiger partial charge in [0.15, 0.2) is 0 Å². The van der Waals surface area contributed by atoms with Crippen molar-refractivity contribution in [2.75, 3.05) is 6.61 Å². The zero-order chi connectivity index (χ0) is 15.3. The first-order valence-corrected chi connectivity index (χ1v) is 8.08. The Kier molecular flexibility index (Phi) is 5.72. The van der Waals surface area contributed by atoms with Crippen LogP contribution in [-0.2, 0) is 17.7 Å². The topological polar surface area (TPSA) is 78.0 Å². The number of hydrogen-bond acceptors (Lipinski definition) is 5. The van der Waals surface area contributed by atoms with Crippen LogP contribution in [0.15, 0.2) is 6.33 Å². The molecular formula is C15H29N5O. The Morgan fingerprint density at radius 3 is 2.71 bits per heavy atom. The Morgan fingerprint density at radius 2 is 2.14 bits per heavy atom. The summed E-state index contributed by atoms with van der Waals surface area (Å²) in [4.78, 5) is 4.42. The van der Waals surface area contributed by atoms with Crippen molar-refractivity contribution in [2.24, 2.45) is 11.8 Å². The van der Waals surface area contributed by atoms with E-state index in [1.54, 1.807) is 6.33 Å². The Hall–Kier alpha value is -0.980. The molecule has 1 fully saturated rings. The largest absolute Gasteiger partial charge is 0.374 e. The average molecular weight is 295 g/mol. The molecule has 0 spiro atoms. The number of rotatable bonds is 8. The summed E-state index contributed by atoms with van der Waals surface area (Å²) in [6.07, 6.45) is 6.92. The monoisotopic (exact) mass is 295 g/mol.